The molecule has 0 aliphatic carbocycles. The number of primary sulfonamides is 2. The largest absolute Gasteiger partial charge is 0.399 e. The molecule has 0 saturated heterocycles. The van der Waals surface area contributed by atoms with Gasteiger partial charge >= 0.3 is 0 Å². The summed E-state index contributed by atoms with van der Waals surface area (Å²) in [5.74, 6) is -0.221. The smallest absolute Gasteiger partial charge is 0.238 e. The van der Waals surface area contributed by atoms with Crippen LogP contribution in [0.15, 0.2) is 58.3 Å². The van der Waals surface area contributed by atoms with Gasteiger partial charge in [0.15, 0.2) is 0 Å². The minimum Gasteiger partial charge on any atom is -0.399 e. The molecule has 0 fully saturated rings. The van der Waals surface area contributed by atoms with Crippen LogP contribution in [0.2, 0.25) is 0 Å². The number of likely N-dealkylation sites (N-methyl/N-ethyl adjacent to an activating group) is 2. The summed E-state index contributed by atoms with van der Waals surface area (Å²) in [5, 5.41) is 12.1. The Balaban J connectivity index is 0.000000550. The maximum atomic E-state index is 11.5. The van der Waals surface area contributed by atoms with Crippen LogP contribution in [0.1, 0.15) is 0 Å². The number of carbonyl (C=O) groups excluding carboxylic acids is 2. The van der Waals surface area contributed by atoms with Gasteiger partial charge in [0.05, 0.1) is 22.9 Å². The average molecular weight is 551 g/mol. The quantitative estimate of drug-likeness (QED) is 0.272. The average Bonchev–Trinajstić information content (AvgIpc) is 2.66. The maximum Gasteiger partial charge on any atom is 0.238 e. The Morgan fingerprint density at radius 3 is 1.63 bits per heavy atom. The third-order valence-electron chi connectivity index (χ3n) is 3.53. The number of hydrogen-bond acceptors (Lipinski definition) is 9. The number of nitrogen functional groups attached to an aromatic ring is 1. The van der Waals surface area contributed by atoms with E-state index in [1.165, 1.54) is 36.4 Å². The molecule has 0 spiro atoms. The molecule has 35 heavy (non-hydrogen) atoms. The lowest BCUT2D eigenvalue weighted by Crippen LogP contribution is -2.27. The van der Waals surface area contributed by atoms with Crippen molar-refractivity contribution in [2.45, 2.75) is 9.79 Å². The third kappa shape index (κ3) is 15.8. The van der Waals surface area contributed by atoms with Crippen LogP contribution in [0.4, 0.5) is 11.4 Å². The van der Waals surface area contributed by atoms with Crippen molar-refractivity contribution in [3.63, 3.8) is 0 Å². The number of nitrogens with two attached hydrogens (primary N) is 3. The molecule has 0 heterocycles. The van der Waals surface area contributed by atoms with E-state index in [2.05, 4.69) is 5.32 Å². The number of rotatable bonds is 7. The molecule has 2 aromatic rings. The van der Waals surface area contributed by atoms with Gasteiger partial charge in [0.25, 0.3) is 0 Å². The Morgan fingerprint density at radius 1 is 0.829 bits per heavy atom. The standard InChI is InChI=1S/C10H15N3O3S.C6H8N2O2S.C4H8ClNO/c1-13(2)7-10(14)12-8-4-3-5-9(6-8)17(11,15)16;7-5-2-1-3-6(4-5)11(8,9)10;1-6(2)3-4(5)7/h3-6H,7H2,1-2H3,(H,12,14)(H2,11,15,16);1-4H,7H2,(H2,8,9,10);3H2,1-2H3. The third-order valence-corrected chi connectivity index (χ3v) is 5.47. The van der Waals surface area contributed by atoms with Gasteiger partial charge in [0.2, 0.25) is 31.2 Å². The van der Waals surface area contributed by atoms with Crippen LogP contribution in [-0.2, 0) is 29.6 Å². The monoisotopic (exact) mass is 550 g/mol. The van der Waals surface area contributed by atoms with Gasteiger partial charge in [-0.05, 0) is 76.2 Å². The lowest BCUT2D eigenvalue weighted by Gasteiger charge is -2.10. The molecule has 0 saturated carbocycles. The molecular formula is C20H31ClN6O6S2. The molecule has 0 aromatic heterocycles. The fourth-order valence-electron chi connectivity index (χ4n) is 2.18. The molecule has 0 aliphatic rings. The number of benzene rings is 2. The minimum atomic E-state index is -3.75. The van der Waals surface area contributed by atoms with Crippen LogP contribution in [-0.4, -0.2) is 79.1 Å². The first-order valence-electron chi connectivity index (χ1n) is 9.70. The number of nitrogens with zero attached hydrogens (tertiary/aromatic N) is 2. The van der Waals surface area contributed by atoms with Crippen LogP contribution in [0.25, 0.3) is 0 Å². The Kier molecular flexibility index (Phi) is 13.6. The van der Waals surface area contributed by atoms with E-state index in [-0.39, 0.29) is 27.5 Å². The van der Waals surface area contributed by atoms with Gasteiger partial charge in [0.1, 0.15) is 0 Å². The normalized spacial score (nSPS) is 11.1. The van der Waals surface area contributed by atoms with Gasteiger partial charge in [-0.3, -0.25) is 9.59 Å². The summed E-state index contributed by atoms with van der Waals surface area (Å²) in [6.07, 6.45) is 0. The molecule has 2 aromatic carbocycles. The zero-order valence-electron chi connectivity index (χ0n) is 19.8. The number of anilines is 2. The number of hydrogen-bond donors (Lipinski definition) is 4. The number of amides is 1. The molecule has 0 aliphatic heterocycles. The Labute approximate surface area is 211 Å². The maximum absolute atomic E-state index is 11.5. The first-order chi connectivity index (χ1) is 15.9. The highest BCUT2D eigenvalue weighted by molar-refractivity contribution is 7.89. The van der Waals surface area contributed by atoms with Crippen molar-refractivity contribution >= 4 is 54.2 Å². The fourth-order valence-corrected chi connectivity index (χ4v) is 3.55. The Hall–Kier alpha value is -2.59. The Bertz CT molecular complexity index is 1200. The summed E-state index contributed by atoms with van der Waals surface area (Å²) in [5.41, 5.74) is 6.13. The molecule has 1 amide bonds. The number of sulfonamides is 2. The van der Waals surface area contributed by atoms with Crippen molar-refractivity contribution in [1.82, 2.24) is 9.80 Å². The number of carbonyl (C=O) groups is 2. The molecule has 0 bridgehead atoms. The highest BCUT2D eigenvalue weighted by atomic mass is 35.5. The van der Waals surface area contributed by atoms with Crippen LogP contribution in [0.5, 0.6) is 0 Å². The van der Waals surface area contributed by atoms with Gasteiger partial charge in [-0.15, -0.1) is 0 Å². The van der Waals surface area contributed by atoms with Crippen molar-refractivity contribution in [3.05, 3.63) is 48.5 Å². The topological polar surface area (TPSA) is 199 Å². The molecule has 12 nitrogen and oxygen atoms in total. The van der Waals surface area contributed by atoms with Crippen LogP contribution >= 0.6 is 11.6 Å². The lowest BCUT2D eigenvalue weighted by molar-refractivity contribution is -0.116. The van der Waals surface area contributed by atoms with E-state index < -0.39 is 20.0 Å². The molecule has 2 rings (SSSR count). The van der Waals surface area contributed by atoms with Crippen LogP contribution in [0.3, 0.4) is 0 Å². The first-order valence-corrected chi connectivity index (χ1v) is 13.2. The molecule has 15 heteroatoms. The zero-order chi connectivity index (χ0) is 27.4. The molecular weight excluding hydrogens is 520 g/mol. The predicted octanol–water partition coefficient (Wildman–Crippen LogP) is 0.0637. The summed E-state index contributed by atoms with van der Waals surface area (Å²) in [4.78, 5) is 24.9. The van der Waals surface area contributed by atoms with Crippen molar-refractivity contribution in [1.29, 1.82) is 0 Å². The van der Waals surface area contributed by atoms with E-state index in [9.17, 15) is 26.4 Å². The van der Waals surface area contributed by atoms with E-state index in [0.29, 0.717) is 17.9 Å². The van der Waals surface area contributed by atoms with E-state index >= 15 is 0 Å². The summed E-state index contributed by atoms with van der Waals surface area (Å²) in [7, 11) is -0.239. The summed E-state index contributed by atoms with van der Waals surface area (Å²) in [6, 6.07) is 11.7. The predicted molar refractivity (Wildman–Crippen MR) is 137 cm³/mol. The molecule has 0 atom stereocenters. The van der Waals surface area contributed by atoms with Gasteiger partial charge in [-0.25, -0.2) is 27.1 Å². The second-order valence-corrected chi connectivity index (χ2v) is 11.1. The highest BCUT2D eigenvalue weighted by Gasteiger charge is 2.09. The zero-order valence-corrected chi connectivity index (χ0v) is 22.2. The SMILES string of the molecule is CN(C)CC(=O)Cl.CN(C)CC(=O)Nc1cccc(S(N)(=O)=O)c1.Nc1cccc(S(N)(=O)=O)c1. The van der Waals surface area contributed by atoms with Crippen molar-refractivity contribution < 1.29 is 26.4 Å². The van der Waals surface area contributed by atoms with Crippen LogP contribution in [0, 0.1) is 0 Å². The van der Waals surface area contributed by atoms with Gasteiger partial charge in [-0.2, -0.15) is 0 Å². The number of halogens is 1. The van der Waals surface area contributed by atoms with Crippen LogP contribution < -0.4 is 21.3 Å². The van der Waals surface area contributed by atoms with Gasteiger partial charge in [-0.1, -0.05) is 12.1 Å². The van der Waals surface area contributed by atoms with E-state index in [4.69, 9.17) is 27.6 Å². The van der Waals surface area contributed by atoms with Gasteiger partial charge in [0, 0.05) is 11.4 Å². The summed E-state index contributed by atoms with van der Waals surface area (Å²) < 4.78 is 43.6. The van der Waals surface area contributed by atoms with Gasteiger partial charge < -0.3 is 20.9 Å². The van der Waals surface area contributed by atoms with Crippen molar-refractivity contribution in [3.8, 4) is 0 Å². The molecule has 7 N–H and O–H groups in total. The highest BCUT2D eigenvalue weighted by Crippen LogP contribution is 2.14. The summed E-state index contributed by atoms with van der Waals surface area (Å²) in [6.45, 7) is 0.543. The van der Waals surface area contributed by atoms with E-state index in [1.54, 1.807) is 50.1 Å². The number of nitrogens with one attached hydrogen (secondary N) is 1. The fraction of sp³-hybridized carbons (Fsp3) is 0.300. The molecule has 0 radical (unpaired) electrons. The lowest BCUT2D eigenvalue weighted by atomic mass is 10.3. The first kappa shape index (κ1) is 32.4. The van der Waals surface area contributed by atoms with Crippen molar-refractivity contribution in [2.75, 3.05) is 52.3 Å². The molecule has 0 unspecified atom stereocenters. The second kappa shape index (κ2) is 14.7. The van der Waals surface area contributed by atoms with E-state index in [0.717, 1.165) is 0 Å². The minimum absolute atomic E-state index is 0.0276. The van der Waals surface area contributed by atoms with E-state index in [1.807, 2.05) is 0 Å². The molecule has 196 valence electrons. The van der Waals surface area contributed by atoms with Crippen molar-refractivity contribution in [2.24, 2.45) is 10.3 Å². The second-order valence-electron chi connectivity index (χ2n) is 7.57. The summed E-state index contributed by atoms with van der Waals surface area (Å²) >= 11 is 4.99. The Morgan fingerprint density at radius 2 is 1.29 bits per heavy atom.